The average Bonchev–Trinajstić information content (AvgIpc) is 2.30. The number of benzene rings is 1. The lowest BCUT2D eigenvalue weighted by atomic mass is 10.1. The summed E-state index contributed by atoms with van der Waals surface area (Å²) in [6.45, 7) is 2.44. The second-order valence-electron chi connectivity index (χ2n) is 4.01. The summed E-state index contributed by atoms with van der Waals surface area (Å²) < 4.78 is 0. The molecule has 0 saturated carbocycles. The van der Waals surface area contributed by atoms with Crippen molar-refractivity contribution in [3.63, 3.8) is 0 Å². The number of rotatable bonds is 4. The van der Waals surface area contributed by atoms with Crippen LogP contribution >= 0.6 is 11.6 Å². The quantitative estimate of drug-likeness (QED) is 0.864. The van der Waals surface area contributed by atoms with Crippen molar-refractivity contribution in [1.82, 2.24) is 4.90 Å². The van der Waals surface area contributed by atoms with E-state index < -0.39 is 0 Å². The molecule has 1 unspecified atom stereocenters. The van der Waals surface area contributed by atoms with E-state index in [1.165, 1.54) is 18.2 Å². The van der Waals surface area contributed by atoms with Crippen molar-refractivity contribution in [2.75, 3.05) is 13.6 Å². The highest BCUT2D eigenvalue weighted by Gasteiger charge is 2.19. The first-order valence-electron chi connectivity index (χ1n) is 5.43. The molecule has 0 radical (unpaired) electrons. The molecule has 0 spiro atoms. The lowest BCUT2D eigenvalue weighted by molar-refractivity contribution is 0.0739. The van der Waals surface area contributed by atoms with Crippen LogP contribution in [0.1, 0.15) is 23.7 Å². The first-order valence-corrected chi connectivity index (χ1v) is 5.81. The van der Waals surface area contributed by atoms with Gasteiger partial charge in [-0.05, 0) is 38.1 Å². The maximum Gasteiger partial charge on any atom is 0.255 e. The van der Waals surface area contributed by atoms with Crippen molar-refractivity contribution in [2.24, 2.45) is 5.73 Å². The van der Waals surface area contributed by atoms with Crippen LogP contribution in [0.4, 0.5) is 0 Å². The van der Waals surface area contributed by atoms with E-state index in [9.17, 15) is 9.90 Å². The molecule has 4 nitrogen and oxygen atoms in total. The van der Waals surface area contributed by atoms with Gasteiger partial charge in [0.2, 0.25) is 0 Å². The summed E-state index contributed by atoms with van der Waals surface area (Å²) in [5, 5.41) is 9.69. The van der Waals surface area contributed by atoms with Gasteiger partial charge < -0.3 is 15.7 Å². The van der Waals surface area contributed by atoms with Crippen LogP contribution in [0.15, 0.2) is 18.2 Å². The molecule has 1 rings (SSSR count). The zero-order valence-electron chi connectivity index (χ0n) is 9.98. The van der Waals surface area contributed by atoms with Crippen molar-refractivity contribution >= 4 is 17.5 Å². The van der Waals surface area contributed by atoms with E-state index in [-0.39, 0.29) is 17.7 Å². The molecule has 17 heavy (non-hydrogen) atoms. The Morgan fingerprint density at radius 2 is 2.24 bits per heavy atom. The molecule has 94 valence electrons. The Kier molecular flexibility index (Phi) is 4.78. The molecule has 3 N–H and O–H groups in total. The van der Waals surface area contributed by atoms with Crippen LogP contribution in [0.2, 0.25) is 5.02 Å². The van der Waals surface area contributed by atoms with Crippen LogP contribution in [-0.2, 0) is 0 Å². The maximum absolute atomic E-state index is 12.1. The Labute approximate surface area is 106 Å². The average molecular weight is 257 g/mol. The Morgan fingerprint density at radius 3 is 2.82 bits per heavy atom. The molecule has 1 aromatic carbocycles. The number of carbonyl (C=O) groups excluding carboxylic acids is 1. The number of halogens is 1. The van der Waals surface area contributed by atoms with Gasteiger partial charge in [0.25, 0.3) is 5.91 Å². The fourth-order valence-corrected chi connectivity index (χ4v) is 1.70. The minimum absolute atomic E-state index is 0.0256. The van der Waals surface area contributed by atoms with E-state index in [0.717, 1.165) is 6.42 Å². The van der Waals surface area contributed by atoms with Crippen molar-refractivity contribution < 1.29 is 9.90 Å². The predicted octanol–water partition coefficient (Wildman–Crippen LogP) is 1.85. The van der Waals surface area contributed by atoms with Crippen molar-refractivity contribution in [1.29, 1.82) is 0 Å². The number of aromatic hydroxyl groups is 1. The third-order valence-electron chi connectivity index (χ3n) is 2.75. The molecule has 0 aliphatic carbocycles. The second-order valence-corrected chi connectivity index (χ2v) is 4.41. The smallest absolute Gasteiger partial charge is 0.255 e. The van der Waals surface area contributed by atoms with Crippen molar-refractivity contribution in [3.05, 3.63) is 28.8 Å². The van der Waals surface area contributed by atoms with Gasteiger partial charge in [0.1, 0.15) is 5.75 Å². The first kappa shape index (κ1) is 13.8. The van der Waals surface area contributed by atoms with Gasteiger partial charge in [0.15, 0.2) is 0 Å². The molecular formula is C12H17ClN2O2. The standard InChI is InChI=1S/C12H17ClN2O2/c1-8(5-6-14)15(2)12(17)10-7-9(16)3-4-11(10)13/h3-4,7-8,16H,5-6,14H2,1-2H3. The lowest BCUT2D eigenvalue weighted by Crippen LogP contribution is -2.36. The third kappa shape index (κ3) is 3.35. The highest BCUT2D eigenvalue weighted by Crippen LogP contribution is 2.23. The fraction of sp³-hybridized carbons (Fsp3) is 0.417. The van der Waals surface area contributed by atoms with Crippen LogP contribution in [0.3, 0.4) is 0 Å². The molecule has 1 amide bonds. The molecule has 5 heteroatoms. The SMILES string of the molecule is CC(CCN)N(C)C(=O)c1cc(O)ccc1Cl. The summed E-state index contributed by atoms with van der Waals surface area (Å²) in [7, 11) is 1.70. The van der Waals surface area contributed by atoms with Gasteiger partial charge in [-0.25, -0.2) is 0 Å². The summed E-state index contributed by atoms with van der Waals surface area (Å²) in [6.07, 6.45) is 0.721. The van der Waals surface area contributed by atoms with Gasteiger partial charge in [0.05, 0.1) is 10.6 Å². The van der Waals surface area contributed by atoms with Gasteiger partial charge >= 0.3 is 0 Å². The van der Waals surface area contributed by atoms with Crippen LogP contribution in [0.5, 0.6) is 5.75 Å². The fourth-order valence-electron chi connectivity index (χ4n) is 1.50. The number of phenols is 1. The van der Waals surface area contributed by atoms with Gasteiger partial charge in [0, 0.05) is 13.1 Å². The van der Waals surface area contributed by atoms with Crippen molar-refractivity contribution in [2.45, 2.75) is 19.4 Å². The normalized spacial score (nSPS) is 12.2. The minimum Gasteiger partial charge on any atom is -0.508 e. The van der Waals surface area contributed by atoms with E-state index in [0.29, 0.717) is 17.1 Å². The maximum atomic E-state index is 12.1. The predicted molar refractivity (Wildman–Crippen MR) is 68.3 cm³/mol. The summed E-state index contributed by atoms with van der Waals surface area (Å²) >= 11 is 5.93. The Morgan fingerprint density at radius 1 is 1.59 bits per heavy atom. The van der Waals surface area contributed by atoms with Gasteiger partial charge in [-0.15, -0.1) is 0 Å². The molecule has 1 atom stereocenters. The number of nitrogens with zero attached hydrogens (tertiary/aromatic N) is 1. The van der Waals surface area contributed by atoms with Crippen LogP contribution in [0, 0.1) is 0 Å². The number of phenolic OH excluding ortho intramolecular Hbond substituents is 1. The zero-order chi connectivity index (χ0) is 13.0. The third-order valence-corrected chi connectivity index (χ3v) is 3.08. The van der Waals surface area contributed by atoms with E-state index >= 15 is 0 Å². The van der Waals surface area contributed by atoms with Gasteiger partial charge in [-0.1, -0.05) is 11.6 Å². The Hall–Kier alpha value is -1.26. The van der Waals surface area contributed by atoms with Crippen LogP contribution < -0.4 is 5.73 Å². The summed E-state index contributed by atoms with van der Waals surface area (Å²) in [5.74, 6) is -0.190. The topological polar surface area (TPSA) is 66.6 Å². The Bertz CT molecular complexity index is 409. The first-order chi connectivity index (χ1) is 7.97. The van der Waals surface area contributed by atoms with Crippen molar-refractivity contribution in [3.8, 4) is 5.75 Å². The molecule has 1 aromatic rings. The number of nitrogens with two attached hydrogens (primary N) is 1. The van der Waals surface area contributed by atoms with Gasteiger partial charge in [-0.3, -0.25) is 4.79 Å². The van der Waals surface area contributed by atoms with E-state index in [2.05, 4.69) is 0 Å². The monoisotopic (exact) mass is 256 g/mol. The highest BCUT2D eigenvalue weighted by molar-refractivity contribution is 6.33. The number of hydrogen-bond donors (Lipinski definition) is 2. The van der Waals surface area contributed by atoms with E-state index in [1.54, 1.807) is 11.9 Å². The molecule has 0 fully saturated rings. The summed E-state index contributed by atoms with van der Waals surface area (Å²) in [4.78, 5) is 13.7. The number of carbonyl (C=O) groups is 1. The Balaban J connectivity index is 2.92. The van der Waals surface area contributed by atoms with E-state index in [4.69, 9.17) is 17.3 Å². The summed E-state index contributed by atoms with van der Waals surface area (Å²) in [5.41, 5.74) is 5.76. The highest BCUT2D eigenvalue weighted by atomic mass is 35.5. The van der Waals surface area contributed by atoms with Crippen LogP contribution in [0.25, 0.3) is 0 Å². The molecule has 0 aliphatic rings. The molecule has 0 aromatic heterocycles. The summed E-state index contributed by atoms with van der Waals surface area (Å²) in [6, 6.07) is 4.36. The largest absolute Gasteiger partial charge is 0.508 e. The van der Waals surface area contributed by atoms with Crippen LogP contribution in [-0.4, -0.2) is 35.5 Å². The molecule has 0 heterocycles. The molecule has 0 aliphatic heterocycles. The molecule has 0 bridgehead atoms. The number of hydrogen-bond acceptors (Lipinski definition) is 3. The minimum atomic E-state index is -0.216. The molecular weight excluding hydrogens is 240 g/mol. The second kappa shape index (κ2) is 5.89. The van der Waals surface area contributed by atoms with E-state index in [1.807, 2.05) is 6.92 Å². The molecule has 0 saturated heterocycles. The lowest BCUT2D eigenvalue weighted by Gasteiger charge is -2.25. The number of amides is 1. The van der Waals surface area contributed by atoms with Gasteiger partial charge in [-0.2, -0.15) is 0 Å². The zero-order valence-corrected chi connectivity index (χ0v) is 10.7.